The van der Waals surface area contributed by atoms with Gasteiger partial charge in [-0.3, -0.25) is 4.79 Å². The molecular formula is C16H11ClN4OS2. The van der Waals surface area contributed by atoms with Gasteiger partial charge in [-0.05, 0) is 48.2 Å². The van der Waals surface area contributed by atoms with Crippen LogP contribution >= 0.6 is 34.7 Å². The van der Waals surface area contributed by atoms with Gasteiger partial charge in [-0.2, -0.15) is 5.10 Å². The lowest BCUT2D eigenvalue weighted by molar-refractivity contribution is 0.0955. The van der Waals surface area contributed by atoms with Gasteiger partial charge in [0.25, 0.3) is 5.91 Å². The molecular weight excluding hydrogens is 364 g/mol. The molecule has 2 heterocycles. The minimum Gasteiger partial charge on any atom is -0.267 e. The number of thiophene rings is 1. The van der Waals surface area contributed by atoms with Gasteiger partial charge in [0.2, 0.25) is 0 Å². The number of nitrogens with zero attached hydrogens (tertiary/aromatic N) is 3. The SMILES string of the molecule is O=C(N/N=C/c1ccc(Sc2ncccn2)s1)c1cccc(Cl)c1. The average Bonchev–Trinajstić information content (AvgIpc) is 3.03. The zero-order valence-corrected chi connectivity index (χ0v) is 14.6. The van der Waals surface area contributed by atoms with Crippen LogP contribution in [-0.4, -0.2) is 22.1 Å². The van der Waals surface area contributed by atoms with E-state index in [2.05, 4.69) is 20.5 Å². The van der Waals surface area contributed by atoms with E-state index in [0.29, 0.717) is 15.7 Å². The first-order valence-corrected chi connectivity index (χ1v) is 8.85. The molecule has 1 N–H and O–H groups in total. The maximum Gasteiger partial charge on any atom is 0.271 e. The van der Waals surface area contributed by atoms with Crippen molar-refractivity contribution in [2.45, 2.75) is 9.37 Å². The van der Waals surface area contributed by atoms with E-state index < -0.39 is 0 Å². The Morgan fingerprint density at radius 1 is 1.21 bits per heavy atom. The fraction of sp³-hybridized carbons (Fsp3) is 0. The molecule has 0 atom stereocenters. The minimum atomic E-state index is -0.308. The Labute approximate surface area is 151 Å². The van der Waals surface area contributed by atoms with Gasteiger partial charge in [-0.1, -0.05) is 17.7 Å². The van der Waals surface area contributed by atoms with E-state index in [1.165, 1.54) is 23.1 Å². The van der Waals surface area contributed by atoms with Gasteiger partial charge in [0.15, 0.2) is 5.16 Å². The van der Waals surface area contributed by atoms with Crippen LogP contribution in [0.3, 0.4) is 0 Å². The molecule has 0 aliphatic rings. The van der Waals surface area contributed by atoms with E-state index in [1.807, 2.05) is 12.1 Å². The Morgan fingerprint density at radius 3 is 2.83 bits per heavy atom. The highest BCUT2D eigenvalue weighted by molar-refractivity contribution is 8.01. The molecule has 0 spiro atoms. The van der Waals surface area contributed by atoms with Crippen LogP contribution in [0.15, 0.2) is 69.3 Å². The summed E-state index contributed by atoms with van der Waals surface area (Å²) in [7, 11) is 0. The highest BCUT2D eigenvalue weighted by atomic mass is 35.5. The minimum absolute atomic E-state index is 0.308. The van der Waals surface area contributed by atoms with Gasteiger partial charge in [0.05, 0.1) is 10.4 Å². The molecule has 2 aromatic heterocycles. The lowest BCUT2D eigenvalue weighted by Crippen LogP contribution is -2.17. The summed E-state index contributed by atoms with van der Waals surface area (Å²) in [6.45, 7) is 0. The molecule has 0 radical (unpaired) electrons. The van der Waals surface area contributed by atoms with Gasteiger partial charge in [0.1, 0.15) is 0 Å². The van der Waals surface area contributed by atoms with Crippen LogP contribution in [0.4, 0.5) is 0 Å². The Morgan fingerprint density at radius 2 is 2.04 bits per heavy atom. The van der Waals surface area contributed by atoms with E-state index in [0.717, 1.165) is 9.09 Å². The monoisotopic (exact) mass is 374 g/mol. The predicted molar refractivity (Wildman–Crippen MR) is 97.0 cm³/mol. The Bertz CT molecular complexity index is 867. The van der Waals surface area contributed by atoms with Gasteiger partial charge in [-0.15, -0.1) is 11.3 Å². The van der Waals surface area contributed by atoms with E-state index in [1.54, 1.807) is 48.9 Å². The fourth-order valence-electron chi connectivity index (χ4n) is 1.74. The number of hydrogen-bond donors (Lipinski definition) is 1. The van der Waals surface area contributed by atoms with Crippen molar-refractivity contribution >= 4 is 46.8 Å². The largest absolute Gasteiger partial charge is 0.271 e. The summed E-state index contributed by atoms with van der Waals surface area (Å²) < 4.78 is 1.05. The third-order valence-corrected chi connectivity index (χ3v) is 5.06. The molecule has 0 saturated carbocycles. The zero-order valence-electron chi connectivity index (χ0n) is 12.2. The molecule has 0 unspecified atom stereocenters. The lowest BCUT2D eigenvalue weighted by atomic mass is 10.2. The Kier molecular flexibility index (Phi) is 5.58. The summed E-state index contributed by atoms with van der Waals surface area (Å²) in [6, 6.07) is 12.4. The Balaban J connectivity index is 1.58. The second kappa shape index (κ2) is 8.05. The molecule has 8 heteroatoms. The van der Waals surface area contributed by atoms with Crippen molar-refractivity contribution in [3.05, 3.63) is 70.3 Å². The molecule has 1 amide bonds. The third kappa shape index (κ3) is 4.64. The molecule has 1 aromatic carbocycles. The van der Waals surface area contributed by atoms with E-state index in [4.69, 9.17) is 11.6 Å². The molecule has 3 rings (SSSR count). The number of halogens is 1. The normalized spacial score (nSPS) is 10.9. The lowest BCUT2D eigenvalue weighted by Gasteiger charge is -1.99. The molecule has 120 valence electrons. The first-order valence-electron chi connectivity index (χ1n) is 6.84. The summed E-state index contributed by atoms with van der Waals surface area (Å²) in [5.41, 5.74) is 2.94. The molecule has 0 aliphatic carbocycles. The zero-order chi connectivity index (χ0) is 16.8. The molecule has 5 nitrogen and oxygen atoms in total. The summed E-state index contributed by atoms with van der Waals surface area (Å²) in [4.78, 5) is 21.2. The van der Waals surface area contributed by atoms with Crippen LogP contribution in [0.5, 0.6) is 0 Å². The average molecular weight is 375 g/mol. The number of amides is 1. The summed E-state index contributed by atoms with van der Waals surface area (Å²) in [5.74, 6) is -0.308. The van der Waals surface area contributed by atoms with E-state index in [9.17, 15) is 4.79 Å². The highest BCUT2D eigenvalue weighted by Gasteiger charge is 2.05. The predicted octanol–water partition coefficient (Wildman–Crippen LogP) is 4.11. The van der Waals surface area contributed by atoms with Crippen LogP contribution < -0.4 is 5.43 Å². The van der Waals surface area contributed by atoms with Crippen LogP contribution in [0.2, 0.25) is 5.02 Å². The quantitative estimate of drug-likeness (QED) is 0.414. The first kappa shape index (κ1) is 16.6. The molecule has 0 saturated heterocycles. The van der Waals surface area contributed by atoms with Crippen molar-refractivity contribution in [1.82, 2.24) is 15.4 Å². The number of rotatable bonds is 5. The van der Waals surface area contributed by atoms with Crippen LogP contribution in [0, 0.1) is 0 Å². The maximum absolute atomic E-state index is 11.9. The number of aromatic nitrogens is 2. The van der Waals surface area contributed by atoms with Gasteiger partial charge >= 0.3 is 0 Å². The van der Waals surface area contributed by atoms with E-state index >= 15 is 0 Å². The topological polar surface area (TPSA) is 67.2 Å². The van der Waals surface area contributed by atoms with Gasteiger partial charge in [-0.25, -0.2) is 15.4 Å². The van der Waals surface area contributed by atoms with Crippen molar-refractivity contribution < 1.29 is 4.79 Å². The highest BCUT2D eigenvalue weighted by Crippen LogP contribution is 2.30. The van der Waals surface area contributed by atoms with Crippen molar-refractivity contribution in [2.75, 3.05) is 0 Å². The van der Waals surface area contributed by atoms with Crippen molar-refractivity contribution in [1.29, 1.82) is 0 Å². The number of benzene rings is 1. The number of hydrogen-bond acceptors (Lipinski definition) is 6. The standard InChI is InChI=1S/C16H11ClN4OS2/c17-12-4-1-3-11(9-12)15(22)21-20-10-13-5-6-14(23-13)24-16-18-7-2-8-19-16/h1-10H,(H,21,22)/b20-10+. The number of hydrazone groups is 1. The molecule has 24 heavy (non-hydrogen) atoms. The van der Waals surface area contributed by atoms with Gasteiger partial charge in [0, 0.05) is 27.9 Å². The van der Waals surface area contributed by atoms with E-state index in [-0.39, 0.29) is 5.91 Å². The smallest absolute Gasteiger partial charge is 0.267 e. The Hall–Kier alpha value is -2.22. The second-order valence-electron chi connectivity index (χ2n) is 4.50. The van der Waals surface area contributed by atoms with Crippen LogP contribution in [-0.2, 0) is 0 Å². The first-order chi connectivity index (χ1) is 11.7. The molecule has 3 aromatic rings. The molecule has 0 fully saturated rings. The summed E-state index contributed by atoms with van der Waals surface area (Å²) in [5, 5.41) is 5.17. The summed E-state index contributed by atoms with van der Waals surface area (Å²) >= 11 is 8.88. The van der Waals surface area contributed by atoms with Crippen molar-refractivity contribution in [2.24, 2.45) is 5.10 Å². The molecule has 0 bridgehead atoms. The number of nitrogens with one attached hydrogen (secondary N) is 1. The summed E-state index contributed by atoms with van der Waals surface area (Å²) in [6.07, 6.45) is 5.01. The number of carbonyl (C=O) groups excluding carboxylic acids is 1. The molecule has 0 aliphatic heterocycles. The fourth-order valence-corrected chi connectivity index (χ4v) is 3.76. The maximum atomic E-state index is 11.9. The number of carbonyl (C=O) groups is 1. The third-order valence-electron chi connectivity index (χ3n) is 2.78. The second-order valence-corrected chi connectivity index (χ2v) is 7.32. The van der Waals surface area contributed by atoms with Crippen LogP contribution in [0.1, 0.15) is 15.2 Å². The van der Waals surface area contributed by atoms with Crippen molar-refractivity contribution in [3.63, 3.8) is 0 Å². The van der Waals surface area contributed by atoms with Crippen molar-refractivity contribution in [3.8, 4) is 0 Å². The van der Waals surface area contributed by atoms with Gasteiger partial charge < -0.3 is 0 Å². The van der Waals surface area contributed by atoms with Crippen LogP contribution in [0.25, 0.3) is 0 Å².